The molecule has 0 aliphatic rings. The molecular weight excluding hydrogens is 230 g/mol. The van der Waals surface area contributed by atoms with E-state index >= 15 is 0 Å². The van der Waals surface area contributed by atoms with Gasteiger partial charge in [-0.05, 0) is 39.5 Å². The first-order valence-corrected chi connectivity index (χ1v) is 7.71. The highest BCUT2D eigenvalue weighted by Crippen LogP contribution is 2.21. The van der Waals surface area contributed by atoms with Crippen molar-refractivity contribution in [3.63, 3.8) is 0 Å². The number of unbranched alkanes of at least 4 members (excludes halogenated alkanes) is 1. The summed E-state index contributed by atoms with van der Waals surface area (Å²) >= 11 is 0. The van der Waals surface area contributed by atoms with Crippen LogP contribution in [-0.4, -0.2) is 0 Å². The maximum Gasteiger partial charge on any atom is 0.000552 e. The van der Waals surface area contributed by atoms with Gasteiger partial charge in [-0.2, -0.15) is 0 Å². The van der Waals surface area contributed by atoms with Gasteiger partial charge in [0.1, 0.15) is 0 Å². The van der Waals surface area contributed by atoms with Crippen LogP contribution in [-0.2, 0) is 0 Å². The highest BCUT2D eigenvalue weighted by Gasteiger charge is 2.05. The van der Waals surface area contributed by atoms with Crippen LogP contribution in [0.1, 0.15) is 73.1 Å². The summed E-state index contributed by atoms with van der Waals surface area (Å²) in [5.41, 5.74) is 7.44. The van der Waals surface area contributed by atoms with Gasteiger partial charge in [-0.25, -0.2) is 0 Å². The minimum absolute atomic E-state index is 0.880. The van der Waals surface area contributed by atoms with Gasteiger partial charge >= 0.3 is 0 Å². The van der Waals surface area contributed by atoms with Crippen LogP contribution in [0.25, 0.3) is 0 Å². The van der Waals surface area contributed by atoms with Gasteiger partial charge in [0.15, 0.2) is 0 Å². The molecule has 2 N–H and O–H groups in total. The Morgan fingerprint density at radius 2 is 1.74 bits per heavy atom. The van der Waals surface area contributed by atoms with Gasteiger partial charge in [-0.1, -0.05) is 69.9 Å². The van der Waals surface area contributed by atoms with Crippen LogP contribution >= 0.6 is 0 Å². The summed E-state index contributed by atoms with van der Waals surface area (Å²) in [4.78, 5) is 0. The molecule has 0 aromatic carbocycles. The smallest absolute Gasteiger partial charge is 0.000552 e. The summed E-state index contributed by atoms with van der Waals surface area (Å²) in [7, 11) is 0. The molecule has 1 heteroatoms. The van der Waals surface area contributed by atoms with E-state index in [1.54, 1.807) is 0 Å². The Labute approximate surface area is 121 Å². The number of hydrogen-bond donors (Lipinski definition) is 1. The van der Waals surface area contributed by atoms with Crippen LogP contribution in [0, 0.1) is 5.92 Å². The minimum Gasteiger partial charge on any atom is -0.403 e. The van der Waals surface area contributed by atoms with Crippen molar-refractivity contribution in [2.24, 2.45) is 11.7 Å². The van der Waals surface area contributed by atoms with Crippen LogP contribution in [0.4, 0.5) is 0 Å². The summed E-state index contributed by atoms with van der Waals surface area (Å²) in [5.74, 6) is 0.921. The molecule has 0 amide bonds. The van der Waals surface area contributed by atoms with Gasteiger partial charge in [0.25, 0.3) is 0 Å². The zero-order valence-corrected chi connectivity index (χ0v) is 13.8. The summed E-state index contributed by atoms with van der Waals surface area (Å²) in [6.45, 7) is 14.3. The van der Waals surface area contributed by atoms with Crippen molar-refractivity contribution in [1.82, 2.24) is 0 Å². The maximum atomic E-state index is 5.15. The Hall–Kier alpha value is -0.980. The van der Waals surface area contributed by atoms with Gasteiger partial charge in [-0.15, -0.1) is 0 Å². The van der Waals surface area contributed by atoms with Gasteiger partial charge in [0.05, 0.1) is 0 Å². The summed E-state index contributed by atoms with van der Waals surface area (Å²) < 4.78 is 0. The second-order valence-corrected chi connectivity index (χ2v) is 5.06. The molecule has 0 aromatic rings. The third-order valence-corrected chi connectivity index (χ3v) is 3.47. The molecule has 1 nitrogen and oxygen atoms in total. The Balaban J connectivity index is 0. The zero-order chi connectivity index (χ0) is 15.1. The molecule has 0 aliphatic carbocycles. The normalized spacial score (nSPS) is 13.5. The van der Waals surface area contributed by atoms with Crippen LogP contribution in [0.5, 0.6) is 0 Å². The first-order chi connectivity index (χ1) is 9.05. The van der Waals surface area contributed by atoms with E-state index in [2.05, 4.69) is 33.4 Å². The molecule has 0 aromatic heterocycles. The number of rotatable bonds is 8. The predicted octanol–water partition coefficient (Wildman–Crippen LogP) is 5.98. The van der Waals surface area contributed by atoms with Crippen molar-refractivity contribution >= 4 is 0 Å². The number of hydrogen-bond acceptors (Lipinski definition) is 1. The first kappa shape index (κ1) is 20.3. The number of allylic oxidation sites excluding steroid dienone is 5. The molecule has 0 rings (SSSR count). The Morgan fingerprint density at radius 1 is 1.16 bits per heavy atom. The van der Waals surface area contributed by atoms with Gasteiger partial charge in [0, 0.05) is 5.70 Å². The second-order valence-electron chi connectivity index (χ2n) is 5.06. The fourth-order valence-corrected chi connectivity index (χ4v) is 1.78. The van der Waals surface area contributed by atoms with E-state index in [-0.39, 0.29) is 0 Å². The average Bonchev–Trinajstić information content (AvgIpc) is 2.43. The highest BCUT2D eigenvalue weighted by molar-refractivity contribution is 5.14. The topological polar surface area (TPSA) is 26.0 Å². The lowest BCUT2D eigenvalue weighted by Gasteiger charge is -2.14. The molecule has 19 heavy (non-hydrogen) atoms. The van der Waals surface area contributed by atoms with E-state index in [1.807, 2.05) is 26.0 Å². The average molecular weight is 265 g/mol. The van der Waals surface area contributed by atoms with Crippen LogP contribution < -0.4 is 5.73 Å². The van der Waals surface area contributed by atoms with Crippen molar-refractivity contribution in [1.29, 1.82) is 0 Å². The summed E-state index contributed by atoms with van der Waals surface area (Å²) in [6, 6.07) is 0. The van der Waals surface area contributed by atoms with E-state index in [4.69, 9.17) is 5.73 Å². The van der Waals surface area contributed by atoms with Crippen LogP contribution in [0.15, 0.2) is 36.1 Å². The van der Waals surface area contributed by atoms with Crippen molar-refractivity contribution in [2.45, 2.75) is 73.1 Å². The molecule has 0 aliphatic heterocycles. The van der Waals surface area contributed by atoms with Crippen molar-refractivity contribution < 1.29 is 0 Å². The molecule has 1 unspecified atom stereocenters. The molecule has 0 bridgehead atoms. The van der Waals surface area contributed by atoms with Gasteiger partial charge in [-0.3, -0.25) is 0 Å². The van der Waals surface area contributed by atoms with E-state index in [0.717, 1.165) is 11.6 Å². The van der Waals surface area contributed by atoms with Crippen LogP contribution in [0.3, 0.4) is 0 Å². The standard InChI is InChI=1S/C14H26.C4H9N/c1-5-9-10-14(8-4)12-11-13(6-2)7-3;1-3-4(2)5/h6-7,14H,2,5,8-12H2,1,3-4H3;3H,5H2,1-2H3/b13-7+;4-3-. The number of nitrogens with two attached hydrogens (primary N) is 1. The Morgan fingerprint density at radius 3 is 2.05 bits per heavy atom. The van der Waals surface area contributed by atoms with E-state index in [1.165, 1.54) is 44.1 Å². The molecule has 1 atom stereocenters. The molecule has 0 spiro atoms. The molecule has 0 fully saturated rings. The van der Waals surface area contributed by atoms with Gasteiger partial charge < -0.3 is 5.73 Å². The molecule has 0 saturated heterocycles. The minimum atomic E-state index is 0.880. The van der Waals surface area contributed by atoms with E-state index in [9.17, 15) is 0 Å². The second kappa shape index (κ2) is 15.1. The molecule has 112 valence electrons. The van der Waals surface area contributed by atoms with Gasteiger partial charge in [0.2, 0.25) is 0 Å². The summed E-state index contributed by atoms with van der Waals surface area (Å²) in [5, 5.41) is 0. The molecule has 0 heterocycles. The van der Waals surface area contributed by atoms with Crippen molar-refractivity contribution in [2.75, 3.05) is 0 Å². The fourth-order valence-electron chi connectivity index (χ4n) is 1.78. The first-order valence-electron chi connectivity index (χ1n) is 7.71. The predicted molar refractivity (Wildman–Crippen MR) is 90.1 cm³/mol. The Kier molecular flexibility index (Phi) is 16.1. The zero-order valence-electron chi connectivity index (χ0n) is 13.8. The lowest BCUT2D eigenvalue weighted by Crippen LogP contribution is -1.99. The van der Waals surface area contributed by atoms with Crippen LogP contribution in [0.2, 0.25) is 0 Å². The summed E-state index contributed by atoms with van der Waals surface area (Å²) in [6.07, 6.45) is 14.0. The van der Waals surface area contributed by atoms with E-state index < -0.39 is 0 Å². The monoisotopic (exact) mass is 265 g/mol. The molecule has 0 saturated carbocycles. The fraction of sp³-hybridized carbons (Fsp3) is 0.667. The lowest BCUT2D eigenvalue weighted by molar-refractivity contribution is 0.422. The highest BCUT2D eigenvalue weighted by atomic mass is 14.5. The SMILES string of the molecule is C/C=C(/C)N.C=C/C(=C\C)CCC(CC)CCCC. The molecular formula is C18H35N. The largest absolute Gasteiger partial charge is 0.403 e. The molecule has 0 radical (unpaired) electrons. The van der Waals surface area contributed by atoms with E-state index in [0.29, 0.717) is 0 Å². The lowest BCUT2D eigenvalue weighted by atomic mass is 9.92. The maximum absolute atomic E-state index is 5.15. The quantitative estimate of drug-likeness (QED) is 0.536. The third-order valence-electron chi connectivity index (χ3n) is 3.47. The third kappa shape index (κ3) is 15.0. The van der Waals surface area contributed by atoms with Crippen molar-refractivity contribution in [3.05, 3.63) is 36.1 Å². The Bertz CT molecular complexity index is 257. The van der Waals surface area contributed by atoms with Crippen molar-refractivity contribution in [3.8, 4) is 0 Å².